The van der Waals surface area contributed by atoms with Crippen molar-refractivity contribution < 1.29 is 27.8 Å². The lowest BCUT2D eigenvalue weighted by Gasteiger charge is -2.16. The summed E-state index contributed by atoms with van der Waals surface area (Å²) in [7, 11) is 2.37. The second kappa shape index (κ2) is 4.61. The Morgan fingerprint density at radius 2 is 1.81 bits per heavy atom. The summed E-state index contributed by atoms with van der Waals surface area (Å²) in [4.78, 5) is 0. The second-order valence-corrected chi connectivity index (χ2v) is 3.03. The van der Waals surface area contributed by atoms with E-state index in [2.05, 4.69) is 4.74 Å². The predicted molar refractivity (Wildman–Crippen MR) is 50.5 cm³/mol. The van der Waals surface area contributed by atoms with E-state index in [0.29, 0.717) is 0 Å². The van der Waals surface area contributed by atoms with E-state index >= 15 is 0 Å². The zero-order chi connectivity index (χ0) is 12.3. The molecule has 0 aliphatic carbocycles. The number of benzene rings is 1. The van der Waals surface area contributed by atoms with Crippen LogP contribution in [0.5, 0.6) is 11.5 Å². The first-order valence-electron chi connectivity index (χ1n) is 4.37. The maximum Gasteiger partial charge on any atom is 0.420 e. The van der Waals surface area contributed by atoms with Crippen LogP contribution >= 0.6 is 0 Å². The van der Waals surface area contributed by atoms with Gasteiger partial charge in [-0.3, -0.25) is 0 Å². The summed E-state index contributed by atoms with van der Waals surface area (Å²) >= 11 is 0. The van der Waals surface area contributed by atoms with Gasteiger partial charge in [0.05, 0.1) is 20.8 Å². The maximum atomic E-state index is 12.7. The molecule has 1 aromatic rings. The Kier molecular flexibility index (Phi) is 3.64. The van der Waals surface area contributed by atoms with Gasteiger partial charge < -0.3 is 14.6 Å². The molecule has 90 valence electrons. The van der Waals surface area contributed by atoms with E-state index in [0.717, 1.165) is 13.2 Å². The fraction of sp³-hybridized carbons (Fsp3) is 0.400. The standard InChI is InChI=1S/C10H11F3O3/c1-15-8-4-6(5-14)3-7(9(8)16-2)10(11,12)13/h3-4,14H,5H2,1-2H3. The van der Waals surface area contributed by atoms with Crippen LogP contribution in [0.25, 0.3) is 0 Å². The molecule has 0 bridgehead atoms. The summed E-state index contributed by atoms with van der Waals surface area (Å²) in [5, 5.41) is 8.85. The highest BCUT2D eigenvalue weighted by Crippen LogP contribution is 2.42. The minimum atomic E-state index is -4.55. The summed E-state index contributed by atoms with van der Waals surface area (Å²) in [6.07, 6.45) is -4.55. The zero-order valence-electron chi connectivity index (χ0n) is 8.76. The molecule has 3 nitrogen and oxygen atoms in total. The first kappa shape index (κ1) is 12.6. The van der Waals surface area contributed by atoms with Crippen molar-refractivity contribution >= 4 is 0 Å². The van der Waals surface area contributed by atoms with Crippen LogP contribution in [-0.4, -0.2) is 19.3 Å². The molecule has 16 heavy (non-hydrogen) atoms. The lowest BCUT2D eigenvalue weighted by atomic mass is 10.1. The lowest BCUT2D eigenvalue weighted by Crippen LogP contribution is -2.09. The highest BCUT2D eigenvalue weighted by Gasteiger charge is 2.36. The minimum Gasteiger partial charge on any atom is -0.493 e. The van der Waals surface area contributed by atoms with Crippen LogP contribution in [0.4, 0.5) is 13.2 Å². The number of rotatable bonds is 3. The van der Waals surface area contributed by atoms with Crippen molar-refractivity contribution in [2.45, 2.75) is 12.8 Å². The van der Waals surface area contributed by atoms with Crippen LogP contribution in [0.2, 0.25) is 0 Å². The molecule has 1 N–H and O–H groups in total. The summed E-state index contributed by atoms with van der Waals surface area (Å²) in [5.74, 6) is -0.437. The van der Waals surface area contributed by atoms with E-state index in [1.807, 2.05) is 0 Å². The van der Waals surface area contributed by atoms with Gasteiger partial charge in [0, 0.05) is 0 Å². The van der Waals surface area contributed by atoms with Crippen LogP contribution in [-0.2, 0) is 12.8 Å². The molecule has 6 heteroatoms. The van der Waals surface area contributed by atoms with E-state index in [9.17, 15) is 13.2 Å². The molecule has 0 spiro atoms. The van der Waals surface area contributed by atoms with Crippen LogP contribution in [0, 0.1) is 0 Å². The van der Waals surface area contributed by atoms with Crippen molar-refractivity contribution in [1.82, 2.24) is 0 Å². The van der Waals surface area contributed by atoms with Gasteiger partial charge in [-0.15, -0.1) is 0 Å². The van der Waals surface area contributed by atoms with Crippen LogP contribution in [0.1, 0.15) is 11.1 Å². The van der Waals surface area contributed by atoms with E-state index in [-0.39, 0.29) is 17.1 Å². The molecule has 0 fully saturated rings. The Hall–Kier alpha value is -1.43. The number of hydrogen-bond donors (Lipinski definition) is 1. The minimum absolute atomic E-state index is 0.0543. The Bertz CT molecular complexity index is 374. The van der Waals surface area contributed by atoms with Gasteiger partial charge in [0.25, 0.3) is 0 Å². The fourth-order valence-electron chi connectivity index (χ4n) is 1.32. The van der Waals surface area contributed by atoms with Crippen molar-refractivity contribution in [3.8, 4) is 11.5 Å². The summed E-state index contributed by atoms with van der Waals surface area (Å²) in [6, 6.07) is 2.13. The van der Waals surface area contributed by atoms with Crippen molar-refractivity contribution in [3.63, 3.8) is 0 Å². The van der Waals surface area contributed by atoms with Crippen molar-refractivity contribution in [3.05, 3.63) is 23.3 Å². The molecule has 1 rings (SSSR count). The zero-order valence-corrected chi connectivity index (χ0v) is 8.76. The third-order valence-corrected chi connectivity index (χ3v) is 2.03. The number of methoxy groups -OCH3 is 2. The smallest absolute Gasteiger partial charge is 0.420 e. The van der Waals surface area contributed by atoms with Gasteiger partial charge in [-0.2, -0.15) is 13.2 Å². The van der Waals surface area contributed by atoms with Crippen molar-refractivity contribution in [2.75, 3.05) is 14.2 Å². The molecule has 0 aromatic heterocycles. The highest BCUT2D eigenvalue weighted by molar-refractivity contribution is 5.50. The van der Waals surface area contributed by atoms with Gasteiger partial charge in [-0.1, -0.05) is 0 Å². The van der Waals surface area contributed by atoms with E-state index in [1.165, 1.54) is 13.2 Å². The normalized spacial score (nSPS) is 11.4. The number of hydrogen-bond acceptors (Lipinski definition) is 3. The number of aliphatic hydroxyl groups excluding tert-OH is 1. The van der Waals surface area contributed by atoms with Gasteiger partial charge >= 0.3 is 6.18 Å². The number of ether oxygens (including phenoxy) is 2. The number of halogens is 3. The molecule has 0 saturated heterocycles. The first-order chi connectivity index (χ1) is 7.43. The molecule has 1 aromatic carbocycles. The topological polar surface area (TPSA) is 38.7 Å². The quantitative estimate of drug-likeness (QED) is 0.874. The first-order valence-corrected chi connectivity index (χ1v) is 4.37. The second-order valence-electron chi connectivity index (χ2n) is 3.03. The van der Waals surface area contributed by atoms with E-state index in [4.69, 9.17) is 9.84 Å². The monoisotopic (exact) mass is 236 g/mol. The van der Waals surface area contributed by atoms with Gasteiger partial charge in [0.1, 0.15) is 5.56 Å². The third-order valence-electron chi connectivity index (χ3n) is 2.03. The largest absolute Gasteiger partial charge is 0.493 e. The SMILES string of the molecule is COc1cc(CO)cc(C(F)(F)F)c1OC. The molecule has 0 unspecified atom stereocenters. The molecule has 0 aliphatic heterocycles. The average molecular weight is 236 g/mol. The Labute approximate surface area is 90.4 Å². The Morgan fingerprint density at radius 3 is 2.19 bits per heavy atom. The summed E-state index contributed by atoms with van der Waals surface area (Å²) in [6.45, 7) is -0.497. The molecule has 0 radical (unpaired) electrons. The predicted octanol–water partition coefficient (Wildman–Crippen LogP) is 2.21. The van der Waals surface area contributed by atoms with Crippen LogP contribution in [0.3, 0.4) is 0 Å². The maximum absolute atomic E-state index is 12.7. The van der Waals surface area contributed by atoms with Gasteiger partial charge in [-0.25, -0.2) is 0 Å². The van der Waals surface area contributed by atoms with Crippen LogP contribution in [0.15, 0.2) is 12.1 Å². The fourth-order valence-corrected chi connectivity index (χ4v) is 1.32. The van der Waals surface area contributed by atoms with E-state index in [1.54, 1.807) is 0 Å². The van der Waals surface area contributed by atoms with E-state index < -0.39 is 18.3 Å². The Balaban J connectivity index is 3.43. The number of aliphatic hydroxyl groups is 1. The molecule has 0 amide bonds. The molecule has 0 saturated carbocycles. The average Bonchev–Trinajstić information content (AvgIpc) is 2.25. The lowest BCUT2D eigenvalue weighted by molar-refractivity contribution is -0.139. The molecular formula is C10H11F3O3. The molecular weight excluding hydrogens is 225 g/mol. The molecule has 0 aliphatic rings. The third kappa shape index (κ3) is 2.38. The number of alkyl halides is 3. The Morgan fingerprint density at radius 1 is 1.19 bits per heavy atom. The summed E-state index contributed by atoms with van der Waals surface area (Å²) in [5.41, 5.74) is -0.844. The van der Waals surface area contributed by atoms with Crippen molar-refractivity contribution in [1.29, 1.82) is 0 Å². The van der Waals surface area contributed by atoms with Gasteiger partial charge in [-0.05, 0) is 17.7 Å². The van der Waals surface area contributed by atoms with Crippen molar-refractivity contribution in [2.24, 2.45) is 0 Å². The highest BCUT2D eigenvalue weighted by atomic mass is 19.4. The van der Waals surface area contributed by atoms with Crippen LogP contribution < -0.4 is 9.47 Å². The molecule has 0 heterocycles. The summed E-state index contributed by atoms with van der Waals surface area (Å²) < 4.78 is 47.4. The molecule has 0 atom stereocenters. The van der Waals surface area contributed by atoms with Gasteiger partial charge in [0.15, 0.2) is 11.5 Å². The van der Waals surface area contributed by atoms with Gasteiger partial charge in [0.2, 0.25) is 0 Å².